The van der Waals surface area contributed by atoms with E-state index in [1.807, 2.05) is 26.0 Å². The zero-order valence-electron chi connectivity index (χ0n) is 10.9. The summed E-state index contributed by atoms with van der Waals surface area (Å²) in [4.78, 5) is 0. The van der Waals surface area contributed by atoms with E-state index in [2.05, 4.69) is 11.5 Å². The van der Waals surface area contributed by atoms with Crippen LogP contribution in [0.2, 0.25) is 5.02 Å². The number of hydrogen-bond acceptors (Lipinski definition) is 2. The molecule has 2 aromatic carbocycles. The zero-order valence-corrected chi connectivity index (χ0v) is 11.6. The third kappa shape index (κ3) is 2.95. The maximum absolute atomic E-state index is 14.1. The fourth-order valence-corrected chi connectivity index (χ4v) is 2.47. The van der Waals surface area contributed by atoms with Crippen LogP contribution in [0.3, 0.4) is 0 Å². The molecule has 0 spiro atoms. The van der Waals surface area contributed by atoms with E-state index in [-0.39, 0.29) is 5.02 Å². The zero-order chi connectivity index (χ0) is 14.0. The van der Waals surface area contributed by atoms with E-state index in [1.165, 1.54) is 6.07 Å². The van der Waals surface area contributed by atoms with Gasteiger partial charge in [-0.3, -0.25) is 5.84 Å². The van der Waals surface area contributed by atoms with Gasteiger partial charge in [-0.15, -0.1) is 0 Å². The van der Waals surface area contributed by atoms with Gasteiger partial charge in [-0.25, -0.2) is 9.82 Å². The van der Waals surface area contributed by atoms with Crippen molar-refractivity contribution in [2.24, 2.45) is 5.84 Å². The number of hydrazine groups is 1. The Morgan fingerprint density at radius 3 is 2.37 bits per heavy atom. The number of benzene rings is 2. The van der Waals surface area contributed by atoms with E-state index < -0.39 is 11.9 Å². The lowest BCUT2D eigenvalue weighted by Crippen LogP contribution is -2.29. The molecule has 4 heteroatoms. The molecule has 0 saturated heterocycles. The molecule has 19 heavy (non-hydrogen) atoms. The Balaban J connectivity index is 2.53. The molecule has 0 heterocycles. The van der Waals surface area contributed by atoms with Crippen LogP contribution in [0.1, 0.15) is 28.3 Å². The molecule has 0 bridgehead atoms. The third-order valence-electron chi connectivity index (χ3n) is 3.04. The van der Waals surface area contributed by atoms with Gasteiger partial charge in [0, 0.05) is 5.56 Å². The summed E-state index contributed by atoms with van der Waals surface area (Å²) in [5.74, 6) is 5.16. The molecule has 100 valence electrons. The molecule has 2 nitrogen and oxygen atoms in total. The van der Waals surface area contributed by atoms with Gasteiger partial charge in [-0.2, -0.15) is 0 Å². The van der Waals surface area contributed by atoms with Crippen LogP contribution in [-0.4, -0.2) is 0 Å². The van der Waals surface area contributed by atoms with Gasteiger partial charge in [-0.1, -0.05) is 53.1 Å². The van der Waals surface area contributed by atoms with E-state index in [4.69, 9.17) is 17.4 Å². The second-order valence-corrected chi connectivity index (χ2v) is 5.07. The molecule has 0 radical (unpaired) electrons. The van der Waals surface area contributed by atoms with Gasteiger partial charge < -0.3 is 0 Å². The Morgan fingerprint density at radius 1 is 1.16 bits per heavy atom. The predicted molar refractivity (Wildman–Crippen MR) is 76.5 cm³/mol. The Hall–Kier alpha value is -1.42. The fourth-order valence-electron chi connectivity index (χ4n) is 2.29. The standard InChI is InChI=1S/C15H16ClFN2/c1-9-6-10(2)8-11(7-9)15(19-18)12-4-3-5-13(16)14(12)17/h3-8,15,19H,18H2,1-2H3. The van der Waals surface area contributed by atoms with Crippen molar-refractivity contribution in [3.05, 3.63) is 69.5 Å². The number of nitrogens with one attached hydrogen (secondary N) is 1. The van der Waals surface area contributed by atoms with E-state index in [0.717, 1.165) is 16.7 Å². The highest BCUT2D eigenvalue weighted by atomic mass is 35.5. The molecule has 2 rings (SSSR count). The number of nitrogens with two attached hydrogens (primary N) is 1. The average Bonchev–Trinajstić information content (AvgIpc) is 2.34. The fraction of sp³-hybridized carbons (Fsp3) is 0.200. The molecular formula is C15H16ClFN2. The highest BCUT2D eigenvalue weighted by Crippen LogP contribution is 2.28. The van der Waals surface area contributed by atoms with E-state index in [9.17, 15) is 4.39 Å². The lowest BCUT2D eigenvalue weighted by molar-refractivity contribution is 0.560. The second kappa shape index (κ2) is 5.70. The molecule has 1 atom stereocenters. The van der Waals surface area contributed by atoms with Gasteiger partial charge >= 0.3 is 0 Å². The summed E-state index contributed by atoms with van der Waals surface area (Å²) >= 11 is 5.82. The van der Waals surface area contributed by atoms with E-state index in [0.29, 0.717) is 5.56 Å². The van der Waals surface area contributed by atoms with Crippen molar-refractivity contribution in [3.8, 4) is 0 Å². The molecule has 0 aliphatic rings. The van der Waals surface area contributed by atoms with Crippen molar-refractivity contribution in [1.82, 2.24) is 5.43 Å². The SMILES string of the molecule is Cc1cc(C)cc(C(NN)c2cccc(Cl)c2F)c1. The average molecular weight is 279 g/mol. The Morgan fingerprint density at radius 2 is 1.79 bits per heavy atom. The minimum absolute atomic E-state index is 0.0992. The maximum atomic E-state index is 14.1. The van der Waals surface area contributed by atoms with Crippen molar-refractivity contribution >= 4 is 11.6 Å². The van der Waals surface area contributed by atoms with E-state index >= 15 is 0 Å². The molecule has 3 N–H and O–H groups in total. The number of aryl methyl sites for hydroxylation is 2. The number of hydrogen-bond donors (Lipinski definition) is 2. The number of halogens is 2. The van der Waals surface area contributed by atoms with Gasteiger partial charge in [0.2, 0.25) is 0 Å². The summed E-state index contributed by atoms with van der Waals surface area (Å²) in [6.07, 6.45) is 0. The molecule has 0 saturated carbocycles. The summed E-state index contributed by atoms with van der Waals surface area (Å²) in [6, 6.07) is 10.5. The first-order valence-electron chi connectivity index (χ1n) is 6.01. The summed E-state index contributed by atoms with van der Waals surface area (Å²) < 4.78 is 14.1. The van der Waals surface area contributed by atoms with Gasteiger partial charge in [0.25, 0.3) is 0 Å². The quantitative estimate of drug-likeness (QED) is 0.664. The predicted octanol–water partition coefficient (Wildman–Crippen LogP) is 3.65. The Bertz CT molecular complexity index is 578. The lowest BCUT2D eigenvalue weighted by Gasteiger charge is -2.19. The highest BCUT2D eigenvalue weighted by molar-refractivity contribution is 6.30. The molecule has 0 aliphatic heterocycles. The highest BCUT2D eigenvalue weighted by Gasteiger charge is 2.18. The monoisotopic (exact) mass is 278 g/mol. The molecule has 2 aromatic rings. The molecule has 0 aromatic heterocycles. The van der Waals surface area contributed by atoms with Crippen molar-refractivity contribution in [1.29, 1.82) is 0 Å². The number of rotatable bonds is 3. The molecular weight excluding hydrogens is 263 g/mol. The van der Waals surface area contributed by atoms with Crippen LogP contribution in [0.5, 0.6) is 0 Å². The first kappa shape index (κ1) is 14.0. The smallest absolute Gasteiger partial charge is 0.146 e. The summed E-state index contributed by atoms with van der Waals surface area (Å²) in [7, 11) is 0. The van der Waals surface area contributed by atoms with Gasteiger partial charge in [0.1, 0.15) is 5.82 Å². The van der Waals surface area contributed by atoms with Crippen molar-refractivity contribution in [2.45, 2.75) is 19.9 Å². The van der Waals surface area contributed by atoms with Crippen LogP contribution in [0, 0.1) is 19.7 Å². The van der Waals surface area contributed by atoms with Crippen LogP contribution in [0.4, 0.5) is 4.39 Å². The molecule has 0 aliphatic carbocycles. The van der Waals surface area contributed by atoms with E-state index in [1.54, 1.807) is 12.1 Å². The first-order valence-corrected chi connectivity index (χ1v) is 6.39. The van der Waals surface area contributed by atoms with Crippen LogP contribution in [0.15, 0.2) is 36.4 Å². The van der Waals surface area contributed by atoms with Crippen molar-refractivity contribution in [3.63, 3.8) is 0 Å². The molecule has 0 amide bonds. The van der Waals surface area contributed by atoms with Gasteiger partial charge in [0.05, 0.1) is 11.1 Å². The minimum atomic E-state index is -0.439. The normalized spacial score (nSPS) is 12.5. The minimum Gasteiger partial charge on any atom is -0.271 e. The maximum Gasteiger partial charge on any atom is 0.146 e. The van der Waals surface area contributed by atoms with Crippen LogP contribution < -0.4 is 11.3 Å². The largest absolute Gasteiger partial charge is 0.271 e. The van der Waals surface area contributed by atoms with Crippen LogP contribution >= 0.6 is 11.6 Å². The molecule has 1 unspecified atom stereocenters. The van der Waals surface area contributed by atoms with Crippen molar-refractivity contribution < 1.29 is 4.39 Å². The summed E-state index contributed by atoms with van der Waals surface area (Å²) in [5.41, 5.74) is 6.24. The first-order chi connectivity index (χ1) is 9.02. The van der Waals surface area contributed by atoms with Gasteiger partial charge in [0.15, 0.2) is 0 Å². The summed E-state index contributed by atoms with van der Waals surface area (Å²) in [5, 5.41) is 0.0992. The summed E-state index contributed by atoms with van der Waals surface area (Å²) in [6.45, 7) is 4.00. The topological polar surface area (TPSA) is 38.0 Å². The van der Waals surface area contributed by atoms with Gasteiger partial charge in [-0.05, 0) is 25.5 Å². The molecule has 0 fully saturated rings. The van der Waals surface area contributed by atoms with Crippen LogP contribution in [0.25, 0.3) is 0 Å². The van der Waals surface area contributed by atoms with Crippen molar-refractivity contribution in [2.75, 3.05) is 0 Å². The lowest BCUT2D eigenvalue weighted by atomic mass is 9.96. The van der Waals surface area contributed by atoms with Crippen LogP contribution in [-0.2, 0) is 0 Å². The third-order valence-corrected chi connectivity index (χ3v) is 3.33. The second-order valence-electron chi connectivity index (χ2n) is 4.66. The Kier molecular flexibility index (Phi) is 4.20. The Labute approximate surface area is 117 Å².